The van der Waals surface area contributed by atoms with Gasteiger partial charge in [-0.25, -0.2) is 0 Å². The SMILES string of the molecule is CN=C/C(=C\Nc1cc(NC(=O)c2cccc(C(F)(F)F)c2)ccc1C)c1cnccc1OCc1ccoc1. The number of alkyl halides is 3. The molecule has 7 nitrogen and oxygen atoms in total. The molecule has 2 heterocycles. The number of anilines is 2. The Balaban J connectivity index is 1.54. The Bertz CT molecular complexity index is 1500. The fourth-order valence-corrected chi connectivity index (χ4v) is 3.63. The molecular formula is C29H25F3N4O3. The number of hydrogen-bond acceptors (Lipinski definition) is 6. The first-order valence-electron chi connectivity index (χ1n) is 11.8. The highest BCUT2D eigenvalue weighted by atomic mass is 19.4. The first-order valence-corrected chi connectivity index (χ1v) is 11.8. The average Bonchev–Trinajstić information content (AvgIpc) is 3.45. The summed E-state index contributed by atoms with van der Waals surface area (Å²) in [5.41, 5.74) is 3.24. The minimum absolute atomic E-state index is 0.0965. The fraction of sp³-hybridized carbons (Fsp3) is 0.138. The molecule has 0 atom stereocenters. The molecule has 10 heteroatoms. The maximum absolute atomic E-state index is 13.0. The number of aliphatic imine (C=N–C) groups is 1. The monoisotopic (exact) mass is 534 g/mol. The van der Waals surface area contributed by atoms with Gasteiger partial charge in [0.1, 0.15) is 12.4 Å². The molecule has 2 aromatic carbocycles. The lowest BCUT2D eigenvalue weighted by Crippen LogP contribution is -2.14. The lowest BCUT2D eigenvalue weighted by atomic mass is 10.1. The molecule has 200 valence electrons. The topological polar surface area (TPSA) is 88.8 Å². The molecule has 0 spiro atoms. The van der Waals surface area contributed by atoms with E-state index in [2.05, 4.69) is 20.6 Å². The molecule has 0 bridgehead atoms. The molecule has 4 rings (SSSR count). The summed E-state index contributed by atoms with van der Waals surface area (Å²) >= 11 is 0. The van der Waals surface area contributed by atoms with Crippen LogP contribution in [0, 0.1) is 6.92 Å². The lowest BCUT2D eigenvalue weighted by molar-refractivity contribution is -0.137. The maximum Gasteiger partial charge on any atom is 0.416 e. The number of halogens is 3. The third-order valence-corrected chi connectivity index (χ3v) is 5.67. The van der Waals surface area contributed by atoms with Gasteiger partial charge in [-0.15, -0.1) is 0 Å². The zero-order valence-corrected chi connectivity index (χ0v) is 21.1. The number of allylic oxidation sites excluding steroid dienone is 1. The molecule has 1 amide bonds. The van der Waals surface area contributed by atoms with E-state index in [1.165, 1.54) is 12.1 Å². The van der Waals surface area contributed by atoms with Crippen LogP contribution >= 0.6 is 0 Å². The normalized spacial score (nSPS) is 12.0. The van der Waals surface area contributed by atoms with Crippen molar-refractivity contribution in [2.75, 3.05) is 17.7 Å². The van der Waals surface area contributed by atoms with E-state index in [1.54, 1.807) is 68.6 Å². The van der Waals surface area contributed by atoms with Crippen LogP contribution in [0.15, 0.2) is 95.1 Å². The van der Waals surface area contributed by atoms with Gasteiger partial charge < -0.3 is 19.8 Å². The Morgan fingerprint density at radius 3 is 2.74 bits per heavy atom. The average molecular weight is 535 g/mol. The Hall–Kier alpha value is -4.86. The number of furan rings is 1. The van der Waals surface area contributed by atoms with E-state index in [9.17, 15) is 18.0 Å². The number of aromatic nitrogens is 1. The molecule has 0 aliphatic heterocycles. The Labute approximate surface area is 223 Å². The quantitative estimate of drug-likeness (QED) is 0.226. The summed E-state index contributed by atoms with van der Waals surface area (Å²) in [5.74, 6) is -0.0574. The molecule has 2 aromatic heterocycles. The second-order valence-corrected chi connectivity index (χ2v) is 8.49. The molecule has 0 fully saturated rings. The van der Waals surface area contributed by atoms with Crippen molar-refractivity contribution in [2.45, 2.75) is 19.7 Å². The van der Waals surface area contributed by atoms with Crippen LogP contribution in [-0.2, 0) is 12.8 Å². The van der Waals surface area contributed by atoms with Crippen LogP contribution in [0.5, 0.6) is 5.75 Å². The molecule has 39 heavy (non-hydrogen) atoms. The number of ether oxygens (including phenoxy) is 1. The highest BCUT2D eigenvalue weighted by molar-refractivity contribution is 6.11. The van der Waals surface area contributed by atoms with E-state index in [1.807, 2.05) is 13.0 Å². The fourth-order valence-electron chi connectivity index (χ4n) is 3.63. The summed E-state index contributed by atoms with van der Waals surface area (Å²) in [6, 6.07) is 13.0. The standard InChI is InChI=1S/C29H25F3N4O3/c1-19-6-7-24(36-28(37)21-4-3-5-23(12-21)29(30,31)32)13-26(19)35-15-22(14-33-2)25-16-34-10-8-27(25)39-18-20-9-11-38-17-20/h3-17,35H,18H2,1-2H3,(H,36,37)/b22-15+,33-14?. The van der Waals surface area contributed by atoms with Gasteiger partial charge in [0, 0.05) is 65.5 Å². The molecule has 0 unspecified atom stereocenters. The van der Waals surface area contributed by atoms with Gasteiger partial charge in [0.2, 0.25) is 0 Å². The van der Waals surface area contributed by atoms with Gasteiger partial charge in [-0.1, -0.05) is 12.1 Å². The van der Waals surface area contributed by atoms with Crippen molar-refractivity contribution in [3.05, 3.63) is 114 Å². The van der Waals surface area contributed by atoms with Gasteiger partial charge in [-0.2, -0.15) is 13.2 Å². The van der Waals surface area contributed by atoms with Crippen molar-refractivity contribution in [1.29, 1.82) is 0 Å². The third-order valence-electron chi connectivity index (χ3n) is 5.67. The second kappa shape index (κ2) is 12.1. The first kappa shape index (κ1) is 27.2. The Morgan fingerprint density at radius 2 is 2.00 bits per heavy atom. The highest BCUT2D eigenvalue weighted by Crippen LogP contribution is 2.30. The first-order chi connectivity index (χ1) is 18.7. The number of aryl methyl sites for hydroxylation is 1. The maximum atomic E-state index is 13.0. The molecule has 0 saturated carbocycles. The van der Waals surface area contributed by atoms with Crippen molar-refractivity contribution in [3.8, 4) is 5.75 Å². The minimum Gasteiger partial charge on any atom is -0.488 e. The van der Waals surface area contributed by atoms with Crippen LogP contribution in [0.4, 0.5) is 24.5 Å². The predicted molar refractivity (Wildman–Crippen MR) is 144 cm³/mol. The minimum atomic E-state index is -4.54. The molecule has 0 aliphatic carbocycles. The highest BCUT2D eigenvalue weighted by Gasteiger charge is 2.30. The van der Waals surface area contributed by atoms with Crippen LogP contribution in [-0.4, -0.2) is 24.2 Å². The summed E-state index contributed by atoms with van der Waals surface area (Å²) in [6.45, 7) is 2.19. The van der Waals surface area contributed by atoms with E-state index in [0.717, 1.165) is 23.3 Å². The van der Waals surface area contributed by atoms with Crippen molar-refractivity contribution in [3.63, 3.8) is 0 Å². The second-order valence-electron chi connectivity index (χ2n) is 8.49. The number of carbonyl (C=O) groups excluding carboxylic acids is 1. The number of hydrogen-bond donors (Lipinski definition) is 2. The number of pyridine rings is 1. The molecule has 0 aliphatic rings. The number of benzene rings is 2. The van der Waals surface area contributed by atoms with Crippen molar-refractivity contribution < 1.29 is 27.1 Å². The van der Waals surface area contributed by atoms with Gasteiger partial charge in [-0.3, -0.25) is 14.8 Å². The Kier molecular flexibility index (Phi) is 8.45. The zero-order chi connectivity index (χ0) is 27.8. The van der Waals surface area contributed by atoms with Crippen molar-refractivity contribution >= 4 is 29.1 Å². The summed E-state index contributed by atoms with van der Waals surface area (Å²) in [5, 5.41) is 5.88. The number of amides is 1. The summed E-state index contributed by atoms with van der Waals surface area (Å²) in [7, 11) is 1.64. The lowest BCUT2D eigenvalue weighted by Gasteiger charge is -2.13. The number of nitrogens with zero attached hydrogens (tertiary/aromatic N) is 2. The summed E-state index contributed by atoms with van der Waals surface area (Å²) in [4.78, 5) is 21.0. The number of rotatable bonds is 9. The van der Waals surface area contributed by atoms with Crippen molar-refractivity contribution in [1.82, 2.24) is 4.98 Å². The molecule has 2 N–H and O–H groups in total. The number of nitrogens with one attached hydrogen (secondary N) is 2. The smallest absolute Gasteiger partial charge is 0.416 e. The van der Waals surface area contributed by atoms with E-state index >= 15 is 0 Å². The van der Waals surface area contributed by atoms with Crippen LogP contribution in [0.1, 0.15) is 32.6 Å². The van der Waals surface area contributed by atoms with E-state index in [-0.39, 0.29) is 5.56 Å². The predicted octanol–water partition coefficient (Wildman–Crippen LogP) is 6.99. The number of carbonyl (C=O) groups is 1. The van der Waals surface area contributed by atoms with Gasteiger partial charge in [0.05, 0.1) is 18.1 Å². The van der Waals surface area contributed by atoms with Crippen LogP contribution in [0.25, 0.3) is 5.57 Å². The summed E-state index contributed by atoms with van der Waals surface area (Å²) in [6.07, 6.45) is 5.32. The van der Waals surface area contributed by atoms with Crippen LogP contribution < -0.4 is 15.4 Å². The Morgan fingerprint density at radius 1 is 1.15 bits per heavy atom. The molecule has 0 radical (unpaired) electrons. The summed E-state index contributed by atoms with van der Waals surface area (Å²) < 4.78 is 50.2. The van der Waals surface area contributed by atoms with E-state index in [0.29, 0.717) is 34.9 Å². The molecule has 0 saturated heterocycles. The molecular weight excluding hydrogens is 509 g/mol. The molecule has 4 aromatic rings. The van der Waals surface area contributed by atoms with Gasteiger partial charge >= 0.3 is 6.18 Å². The van der Waals surface area contributed by atoms with Crippen LogP contribution in [0.3, 0.4) is 0 Å². The van der Waals surface area contributed by atoms with Gasteiger partial charge in [0.15, 0.2) is 0 Å². The van der Waals surface area contributed by atoms with Gasteiger partial charge in [-0.05, 0) is 55.0 Å². The largest absolute Gasteiger partial charge is 0.488 e. The zero-order valence-electron chi connectivity index (χ0n) is 21.1. The van der Waals surface area contributed by atoms with E-state index in [4.69, 9.17) is 9.15 Å². The van der Waals surface area contributed by atoms with Gasteiger partial charge in [0.25, 0.3) is 5.91 Å². The third kappa shape index (κ3) is 7.13. The van der Waals surface area contributed by atoms with Crippen LogP contribution in [0.2, 0.25) is 0 Å². The van der Waals surface area contributed by atoms with Crippen molar-refractivity contribution in [2.24, 2.45) is 4.99 Å². The van der Waals surface area contributed by atoms with E-state index < -0.39 is 17.6 Å².